The fourth-order valence-corrected chi connectivity index (χ4v) is 3.11. The molecule has 1 amide bonds. The smallest absolute Gasteiger partial charge is 0.273 e. The summed E-state index contributed by atoms with van der Waals surface area (Å²) in [6.45, 7) is 6.38. The van der Waals surface area contributed by atoms with Gasteiger partial charge in [-0.15, -0.1) is 17.5 Å². The standard InChI is InChI=1S/C17H22N6O3.ClH/c1-12-15(16(24)19-11-17(2)6-8-18-9-7-17)20-21-22(12)13-4-3-5-14(10-13)23(25)26;/h3-5,10,18H,6-9,11H2,1-2H3,(H,19,24);1H. The van der Waals surface area contributed by atoms with Crippen molar-refractivity contribution in [3.8, 4) is 5.69 Å². The van der Waals surface area contributed by atoms with Gasteiger partial charge in [0.25, 0.3) is 11.6 Å². The van der Waals surface area contributed by atoms with E-state index in [4.69, 9.17) is 0 Å². The monoisotopic (exact) mass is 394 g/mol. The first-order valence-corrected chi connectivity index (χ1v) is 8.56. The molecule has 0 radical (unpaired) electrons. The van der Waals surface area contributed by atoms with Gasteiger partial charge in [0.05, 0.1) is 16.3 Å². The molecule has 27 heavy (non-hydrogen) atoms. The van der Waals surface area contributed by atoms with Crippen LogP contribution in [0.25, 0.3) is 5.69 Å². The first-order valence-electron chi connectivity index (χ1n) is 8.56. The number of benzene rings is 1. The highest BCUT2D eigenvalue weighted by Gasteiger charge is 2.28. The predicted molar refractivity (Wildman–Crippen MR) is 103 cm³/mol. The average molecular weight is 395 g/mol. The van der Waals surface area contributed by atoms with Gasteiger partial charge in [-0.1, -0.05) is 18.2 Å². The van der Waals surface area contributed by atoms with E-state index >= 15 is 0 Å². The van der Waals surface area contributed by atoms with Crippen molar-refractivity contribution in [2.24, 2.45) is 5.41 Å². The number of piperidine rings is 1. The van der Waals surface area contributed by atoms with Gasteiger partial charge in [-0.2, -0.15) is 0 Å². The van der Waals surface area contributed by atoms with Crippen molar-refractivity contribution in [1.29, 1.82) is 0 Å². The van der Waals surface area contributed by atoms with E-state index in [1.807, 2.05) is 0 Å². The van der Waals surface area contributed by atoms with Gasteiger partial charge in [0.2, 0.25) is 0 Å². The molecule has 1 aromatic carbocycles. The Morgan fingerprint density at radius 1 is 1.41 bits per heavy atom. The molecule has 0 aliphatic carbocycles. The Hall–Kier alpha value is -2.52. The molecular formula is C17H23ClN6O3. The zero-order chi connectivity index (χ0) is 18.7. The van der Waals surface area contributed by atoms with Gasteiger partial charge >= 0.3 is 0 Å². The third-order valence-corrected chi connectivity index (χ3v) is 4.88. The molecule has 0 bridgehead atoms. The molecule has 1 saturated heterocycles. The second-order valence-corrected chi connectivity index (χ2v) is 6.96. The Labute approximate surface area is 163 Å². The van der Waals surface area contributed by atoms with Crippen molar-refractivity contribution >= 4 is 24.0 Å². The number of nitrogens with one attached hydrogen (secondary N) is 2. The zero-order valence-corrected chi connectivity index (χ0v) is 16.1. The fraction of sp³-hybridized carbons (Fsp3) is 0.471. The maximum atomic E-state index is 12.5. The van der Waals surface area contributed by atoms with E-state index in [9.17, 15) is 14.9 Å². The van der Waals surface area contributed by atoms with Crippen LogP contribution in [0.5, 0.6) is 0 Å². The Bertz CT molecular complexity index is 832. The Balaban J connectivity index is 0.00000261. The number of amides is 1. The molecule has 9 nitrogen and oxygen atoms in total. The number of nitro benzene ring substituents is 1. The van der Waals surface area contributed by atoms with Crippen molar-refractivity contribution < 1.29 is 9.72 Å². The number of non-ortho nitro benzene ring substituents is 1. The summed E-state index contributed by atoms with van der Waals surface area (Å²) in [6.07, 6.45) is 2.01. The van der Waals surface area contributed by atoms with Crippen LogP contribution in [0.3, 0.4) is 0 Å². The summed E-state index contributed by atoms with van der Waals surface area (Å²) >= 11 is 0. The SMILES string of the molecule is Cc1c(C(=O)NCC2(C)CCNCC2)nnn1-c1cccc([N+](=O)[O-])c1.Cl. The first-order chi connectivity index (χ1) is 12.4. The highest BCUT2D eigenvalue weighted by molar-refractivity contribution is 5.93. The van der Waals surface area contributed by atoms with E-state index in [1.54, 1.807) is 19.1 Å². The molecule has 146 valence electrons. The summed E-state index contributed by atoms with van der Waals surface area (Å²) in [4.78, 5) is 23.0. The molecule has 1 fully saturated rings. The molecule has 2 N–H and O–H groups in total. The van der Waals surface area contributed by atoms with Gasteiger partial charge in [-0.05, 0) is 44.3 Å². The number of nitrogens with zero attached hydrogens (tertiary/aromatic N) is 4. The summed E-state index contributed by atoms with van der Waals surface area (Å²) in [5.74, 6) is -0.279. The quantitative estimate of drug-likeness (QED) is 0.592. The lowest BCUT2D eigenvalue weighted by molar-refractivity contribution is -0.384. The second-order valence-electron chi connectivity index (χ2n) is 6.96. The van der Waals surface area contributed by atoms with Crippen molar-refractivity contribution in [2.75, 3.05) is 19.6 Å². The zero-order valence-electron chi connectivity index (χ0n) is 15.3. The van der Waals surface area contributed by atoms with Gasteiger partial charge in [0.15, 0.2) is 5.69 Å². The third kappa shape index (κ3) is 4.61. The first kappa shape index (κ1) is 20.8. The minimum absolute atomic E-state index is 0. The van der Waals surface area contributed by atoms with Crippen molar-refractivity contribution in [3.05, 3.63) is 45.8 Å². The number of hydrogen-bond donors (Lipinski definition) is 2. The third-order valence-electron chi connectivity index (χ3n) is 4.88. The number of halogens is 1. The van der Waals surface area contributed by atoms with E-state index in [1.165, 1.54) is 16.8 Å². The lowest BCUT2D eigenvalue weighted by Crippen LogP contribution is -2.43. The number of nitro groups is 1. The fourth-order valence-electron chi connectivity index (χ4n) is 3.11. The van der Waals surface area contributed by atoms with Crippen molar-refractivity contribution in [1.82, 2.24) is 25.6 Å². The van der Waals surface area contributed by atoms with E-state index in [2.05, 4.69) is 27.9 Å². The van der Waals surface area contributed by atoms with Crippen molar-refractivity contribution in [3.63, 3.8) is 0 Å². The molecule has 1 aromatic heterocycles. The molecule has 0 unspecified atom stereocenters. The molecule has 0 saturated carbocycles. The van der Waals surface area contributed by atoms with E-state index in [0.29, 0.717) is 17.9 Å². The van der Waals surface area contributed by atoms with Gasteiger partial charge < -0.3 is 10.6 Å². The summed E-state index contributed by atoms with van der Waals surface area (Å²) < 4.78 is 1.44. The van der Waals surface area contributed by atoms with Crippen molar-refractivity contribution in [2.45, 2.75) is 26.7 Å². The van der Waals surface area contributed by atoms with Crippen LogP contribution in [0.15, 0.2) is 24.3 Å². The molecule has 1 aliphatic heterocycles. The van der Waals surface area contributed by atoms with Gasteiger partial charge in [-0.3, -0.25) is 14.9 Å². The normalized spacial score (nSPS) is 15.6. The van der Waals surface area contributed by atoms with Crippen LogP contribution in [0, 0.1) is 22.5 Å². The molecule has 3 rings (SSSR count). The molecule has 2 aromatic rings. The van der Waals surface area contributed by atoms with Crippen LogP contribution in [0.4, 0.5) is 5.69 Å². The van der Waals surface area contributed by atoms with E-state index in [0.717, 1.165) is 25.9 Å². The minimum atomic E-state index is -0.469. The van der Waals surface area contributed by atoms with Crippen LogP contribution in [-0.2, 0) is 0 Å². The second kappa shape index (κ2) is 8.45. The molecule has 10 heteroatoms. The Morgan fingerprint density at radius 3 is 2.78 bits per heavy atom. The molecule has 1 aliphatic rings. The molecule has 0 spiro atoms. The lowest BCUT2D eigenvalue weighted by Gasteiger charge is -2.34. The summed E-state index contributed by atoms with van der Waals surface area (Å²) in [5, 5.41) is 25.2. The van der Waals surface area contributed by atoms with Crippen LogP contribution in [0.2, 0.25) is 0 Å². The van der Waals surface area contributed by atoms with Crippen LogP contribution >= 0.6 is 12.4 Å². The van der Waals surface area contributed by atoms with E-state index in [-0.39, 0.29) is 35.1 Å². The maximum Gasteiger partial charge on any atom is 0.273 e. The Kier molecular flexibility index (Phi) is 6.50. The van der Waals surface area contributed by atoms with Crippen LogP contribution < -0.4 is 10.6 Å². The lowest BCUT2D eigenvalue weighted by atomic mass is 9.81. The number of rotatable bonds is 5. The van der Waals surface area contributed by atoms with Gasteiger partial charge in [-0.25, -0.2) is 4.68 Å². The summed E-state index contributed by atoms with van der Waals surface area (Å²) in [7, 11) is 0. The molecule has 0 atom stereocenters. The van der Waals surface area contributed by atoms with Crippen LogP contribution in [0.1, 0.15) is 35.9 Å². The Morgan fingerprint density at radius 2 is 2.11 bits per heavy atom. The highest BCUT2D eigenvalue weighted by atomic mass is 35.5. The number of carbonyl (C=O) groups excluding carboxylic acids is 1. The maximum absolute atomic E-state index is 12.5. The largest absolute Gasteiger partial charge is 0.350 e. The minimum Gasteiger partial charge on any atom is -0.350 e. The van der Waals surface area contributed by atoms with E-state index < -0.39 is 4.92 Å². The predicted octanol–water partition coefficient (Wildman–Crippen LogP) is 2.03. The number of hydrogen-bond acceptors (Lipinski definition) is 6. The topological polar surface area (TPSA) is 115 Å². The number of carbonyl (C=O) groups is 1. The van der Waals surface area contributed by atoms with Crippen LogP contribution in [-0.4, -0.2) is 45.5 Å². The summed E-state index contributed by atoms with van der Waals surface area (Å²) in [6, 6.07) is 6.07. The number of aromatic nitrogens is 3. The van der Waals surface area contributed by atoms with Gasteiger partial charge in [0, 0.05) is 18.7 Å². The highest BCUT2D eigenvalue weighted by Crippen LogP contribution is 2.27. The molecular weight excluding hydrogens is 372 g/mol. The summed E-state index contributed by atoms with van der Waals surface area (Å²) in [5.41, 5.74) is 1.30. The average Bonchev–Trinajstić information content (AvgIpc) is 3.02. The van der Waals surface area contributed by atoms with Gasteiger partial charge in [0.1, 0.15) is 0 Å². The molecule has 2 heterocycles.